The molecule has 120 valence electrons. The van der Waals surface area contributed by atoms with E-state index in [1.165, 1.54) is 0 Å². The van der Waals surface area contributed by atoms with Crippen molar-refractivity contribution in [3.05, 3.63) is 23.8 Å². The van der Waals surface area contributed by atoms with E-state index in [1.807, 2.05) is 0 Å². The van der Waals surface area contributed by atoms with Crippen molar-refractivity contribution in [1.29, 1.82) is 0 Å². The zero-order valence-electron chi connectivity index (χ0n) is 11.0. The SMILES string of the molecule is C1COCC[NH2+]1.O.O=C(O)c1cc(S(=O)(=O)[O-])ccc1O. The van der Waals surface area contributed by atoms with Crippen LogP contribution in [-0.2, 0) is 14.9 Å². The lowest BCUT2D eigenvalue weighted by Crippen LogP contribution is -2.87. The van der Waals surface area contributed by atoms with Gasteiger partial charge in [0.25, 0.3) is 0 Å². The van der Waals surface area contributed by atoms with Crippen LogP contribution in [0.5, 0.6) is 5.75 Å². The Hall–Kier alpha value is -1.72. The molecule has 0 amide bonds. The van der Waals surface area contributed by atoms with Crippen LogP contribution in [0.2, 0.25) is 0 Å². The highest BCUT2D eigenvalue weighted by Gasteiger charge is 2.12. The molecule has 2 rings (SSSR count). The summed E-state index contributed by atoms with van der Waals surface area (Å²) in [4.78, 5) is 9.76. The Morgan fingerprint density at radius 3 is 2.19 bits per heavy atom. The number of benzene rings is 1. The molecule has 0 unspecified atom stereocenters. The van der Waals surface area contributed by atoms with Gasteiger partial charge in [-0.2, -0.15) is 0 Å². The van der Waals surface area contributed by atoms with Crippen LogP contribution < -0.4 is 5.32 Å². The van der Waals surface area contributed by atoms with Gasteiger partial charge in [0.1, 0.15) is 21.4 Å². The van der Waals surface area contributed by atoms with Crippen molar-refractivity contribution in [2.24, 2.45) is 0 Å². The van der Waals surface area contributed by atoms with E-state index in [1.54, 1.807) is 0 Å². The maximum absolute atomic E-state index is 10.5. The first-order valence-corrected chi connectivity index (χ1v) is 7.15. The van der Waals surface area contributed by atoms with Crippen LogP contribution in [0, 0.1) is 0 Å². The van der Waals surface area contributed by atoms with Gasteiger partial charge in [-0.15, -0.1) is 0 Å². The van der Waals surface area contributed by atoms with Crippen molar-refractivity contribution in [1.82, 2.24) is 0 Å². The van der Waals surface area contributed by atoms with Crippen molar-refractivity contribution < 1.29 is 43.5 Å². The fraction of sp³-hybridized carbons (Fsp3) is 0.364. The summed E-state index contributed by atoms with van der Waals surface area (Å²) in [5, 5.41) is 19.8. The summed E-state index contributed by atoms with van der Waals surface area (Å²) < 4.78 is 36.5. The lowest BCUT2D eigenvalue weighted by atomic mass is 10.2. The second kappa shape index (κ2) is 8.54. The summed E-state index contributed by atoms with van der Waals surface area (Å²) in [6, 6.07) is 2.29. The molecule has 0 bridgehead atoms. The average molecular weight is 323 g/mol. The molecule has 0 aliphatic carbocycles. The molecule has 1 saturated heterocycles. The van der Waals surface area contributed by atoms with Crippen LogP contribution in [0.25, 0.3) is 0 Å². The number of rotatable bonds is 2. The van der Waals surface area contributed by atoms with Crippen molar-refractivity contribution in [3.63, 3.8) is 0 Å². The summed E-state index contributed by atoms with van der Waals surface area (Å²) in [5.74, 6) is -2.10. The van der Waals surface area contributed by atoms with Gasteiger partial charge >= 0.3 is 5.97 Å². The molecule has 1 aliphatic heterocycles. The van der Waals surface area contributed by atoms with E-state index in [-0.39, 0.29) is 5.48 Å². The van der Waals surface area contributed by atoms with Crippen LogP contribution in [0.15, 0.2) is 23.1 Å². The number of carboxylic acids is 1. The second-order valence-electron chi connectivity index (χ2n) is 3.92. The summed E-state index contributed by atoms with van der Waals surface area (Å²) in [6.45, 7) is 4.19. The lowest BCUT2D eigenvalue weighted by molar-refractivity contribution is -0.670. The van der Waals surface area contributed by atoms with Crippen molar-refractivity contribution >= 4 is 16.1 Å². The van der Waals surface area contributed by atoms with Gasteiger partial charge in [-0.25, -0.2) is 13.2 Å². The Bertz CT molecular complexity index is 556. The standard InChI is InChI=1S/C7H6O6S.C4H9NO.H2O/c8-6-2-1-4(14(11,12)13)3-5(6)7(9)10;1-3-6-4-2-5-1;/h1-3,8H,(H,9,10)(H,11,12,13);5H,1-4H2;1H2. The van der Waals surface area contributed by atoms with Crippen LogP contribution in [0.3, 0.4) is 0 Å². The predicted octanol–water partition coefficient (Wildman–Crippen LogP) is -2.25. The van der Waals surface area contributed by atoms with E-state index in [0.29, 0.717) is 6.07 Å². The second-order valence-corrected chi connectivity index (χ2v) is 5.30. The van der Waals surface area contributed by atoms with Gasteiger partial charge in [0, 0.05) is 0 Å². The van der Waals surface area contributed by atoms with Gasteiger partial charge in [-0.3, -0.25) is 0 Å². The number of phenols is 1. The highest BCUT2D eigenvalue weighted by molar-refractivity contribution is 7.85. The number of morpholine rings is 1. The van der Waals surface area contributed by atoms with Crippen molar-refractivity contribution in [2.75, 3.05) is 26.3 Å². The maximum Gasteiger partial charge on any atom is 0.339 e. The number of hydrogen-bond donors (Lipinski definition) is 3. The fourth-order valence-corrected chi connectivity index (χ4v) is 1.92. The van der Waals surface area contributed by atoms with Crippen LogP contribution in [0.4, 0.5) is 0 Å². The Morgan fingerprint density at radius 2 is 1.86 bits per heavy atom. The number of hydrogen-bond acceptors (Lipinski definition) is 6. The summed E-state index contributed by atoms with van der Waals surface area (Å²) >= 11 is 0. The number of quaternary nitrogens is 1. The van der Waals surface area contributed by atoms with Gasteiger partial charge in [0.15, 0.2) is 0 Å². The maximum atomic E-state index is 10.5. The molecule has 1 aromatic carbocycles. The highest BCUT2D eigenvalue weighted by Crippen LogP contribution is 2.20. The fourth-order valence-electron chi connectivity index (χ4n) is 1.42. The number of carboxylic acid groups (broad SMARTS) is 1. The smallest absolute Gasteiger partial charge is 0.339 e. The number of nitrogens with two attached hydrogens (primary N) is 1. The average Bonchev–Trinajstić information content (AvgIpc) is 2.40. The number of aromatic hydroxyl groups is 1. The van der Waals surface area contributed by atoms with E-state index in [4.69, 9.17) is 14.9 Å². The van der Waals surface area contributed by atoms with Crippen molar-refractivity contribution in [2.45, 2.75) is 4.90 Å². The molecule has 0 spiro atoms. The molecule has 9 nitrogen and oxygen atoms in total. The first kappa shape index (κ1) is 19.3. The molecule has 0 atom stereocenters. The molecular formula is C11H17NO8S. The first-order valence-electron chi connectivity index (χ1n) is 5.74. The minimum Gasteiger partial charge on any atom is -0.744 e. The number of carbonyl (C=O) groups is 1. The molecule has 6 N–H and O–H groups in total. The molecule has 21 heavy (non-hydrogen) atoms. The topological polar surface area (TPSA) is 172 Å². The molecule has 1 aromatic rings. The normalized spacial score (nSPS) is 14.3. The Kier molecular flexibility index (Phi) is 7.84. The molecule has 1 fully saturated rings. The van der Waals surface area contributed by atoms with Gasteiger partial charge in [0.2, 0.25) is 0 Å². The molecule has 1 aliphatic rings. The lowest BCUT2D eigenvalue weighted by Gasteiger charge is -2.08. The third kappa shape index (κ3) is 6.51. The third-order valence-electron chi connectivity index (χ3n) is 2.42. The van der Waals surface area contributed by atoms with Crippen LogP contribution in [0.1, 0.15) is 10.4 Å². The van der Waals surface area contributed by atoms with Gasteiger partial charge in [-0.1, -0.05) is 0 Å². The Balaban J connectivity index is 0.000000480. The number of aromatic carboxylic acids is 1. The van der Waals surface area contributed by atoms with Crippen molar-refractivity contribution in [3.8, 4) is 5.75 Å². The quantitative estimate of drug-likeness (QED) is 0.515. The van der Waals surface area contributed by atoms with E-state index >= 15 is 0 Å². The first-order chi connectivity index (χ1) is 9.32. The van der Waals surface area contributed by atoms with Gasteiger partial charge < -0.3 is 30.3 Å². The molecular weight excluding hydrogens is 306 g/mol. The van der Waals surface area contributed by atoms with Crippen LogP contribution >= 0.6 is 0 Å². The molecule has 0 saturated carbocycles. The minimum atomic E-state index is -4.70. The number of ether oxygens (including phenoxy) is 1. The zero-order valence-corrected chi connectivity index (χ0v) is 11.8. The molecule has 0 aromatic heterocycles. The summed E-state index contributed by atoms with van der Waals surface area (Å²) in [5.41, 5.74) is -0.623. The van der Waals surface area contributed by atoms with Gasteiger partial charge in [-0.05, 0) is 18.2 Å². The van der Waals surface area contributed by atoms with E-state index in [9.17, 15) is 17.8 Å². The van der Waals surface area contributed by atoms with Gasteiger partial charge in [0.05, 0.1) is 31.2 Å². The Labute approximate surface area is 121 Å². The van der Waals surface area contributed by atoms with E-state index < -0.39 is 32.3 Å². The van der Waals surface area contributed by atoms with Crippen LogP contribution in [-0.4, -0.2) is 60.9 Å². The minimum absolute atomic E-state index is 0. The molecule has 1 heterocycles. The summed E-state index contributed by atoms with van der Waals surface area (Å²) in [7, 11) is -4.70. The highest BCUT2D eigenvalue weighted by atomic mass is 32.2. The monoisotopic (exact) mass is 323 g/mol. The van der Waals surface area contributed by atoms with E-state index in [0.717, 1.165) is 38.4 Å². The molecule has 0 radical (unpaired) electrons. The largest absolute Gasteiger partial charge is 0.744 e. The van der Waals surface area contributed by atoms with E-state index in [2.05, 4.69) is 5.32 Å². The third-order valence-corrected chi connectivity index (χ3v) is 3.25. The predicted molar refractivity (Wildman–Crippen MR) is 69.1 cm³/mol. The zero-order chi connectivity index (χ0) is 15.2. The summed E-state index contributed by atoms with van der Waals surface area (Å²) in [6.07, 6.45) is 0. The molecule has 10 heteroatoms. The Morgan fingerprint density at radius 1 is 1.29 bits per heavy atom.